The van der Waals surface area contributed by atoms with Crippen molar-refractivity contribution in [1.29, 1.82) is 0 Å². The number of hydrogen-bond acceptors (Lipinski definition) is 15. The van der Waals surface area contributed by atoms with Gasteiger partial charge in [0.15, 0.2) is 18.7 Å². The van der Waals surface area contributed by atoms with Crippen molar-refractivity contribution in [2.24, 2.45) is 0 Å². The molecule has 2 heterocycles. The van der Waals surface area contributed by atoms with Gasteiger partial charge >= 0.3 is 11.9 Å². The van der Waals surface area contributed by atoms with Gasteiger partial charge in [0.05, 0.1) is 19.8 Å². The van der Waals surface area contributed by atoms with E-state index in [1.807, 2.05) is 0 Å². The average Bonchev–Trinajstić information content (AvgIpc) is 3.28. The summed E-state index contributed by atoms with van der Waals surface area (Å²) in [5, 5.41) is 72.0. The molecule has 0 aromatic rings. The number of rotatable bonds is 39. The zero-order valence-corrected chi connectivity index (χ0v) is 39.1. The molecule has 2 rings (SSSR count). The third-order valence-corrected chi connectivity index (χ3v) is 12.3. The van der Waals surface area contributed by atoms with Crippen LogP contribution in [0.15, 0.2) is 0 Å². The van der Waals surface area contributed by atoms with Crippen LogP contribution in [0.2, 0.25) is 0 Å². The molecule has 11 unspecified atom stereocenters. The minimum Gasteiger partial charge on any atom is -0.462 e. The molecule has 2 aliphatic rings. The first-order chi connectivity index (χ1) is 30.5. The average molecular weight is 907 g/mol. The minimum absolute atomic E-state index is 0.173. The quantitative estimate of drug-likeness (QED) is 0.0260. The molecule has 0 bridgehead atoms. The maximum Gasteiger partial charge on any atom is 0.306 e. The van der Waals surface area contributed by atoms with E-state index in [0.29, 0.717) is 12.8 Å². The van der Waals surface area contributed by atoms with E-state index >= 15 is 0 Å². The minimum atomic E-state index is -1.76. The van der Waals surface area contributed by atoms with Crippen molar-refractivity contribution in [3.05, 3.63) is 0 Å². The summed E-state index contributed by atoms with van der Waals surface area (Å²) >= 11 is 0. The third kappa shape index (κ3) is 25.3. The topological polar surface area (TPSA) is 231 Å². The van der Waals surface area contributed by atoms with Crippen molar-refractivity contribution < 1.29 is 73.8 Å². The maximum atomic E-state index is 13.0. The Bertz CT molecular complexity index is 1110. The van der Waals surface area contributed by atoms with Gasteiger partial charge in [0, 0.05) is 12.8 Å². The standard InChI is InChI=1S/C48H90O15/c1-3-5-7-9-11-13-15-17-18-19-21-23-25-27-29-31-40(51)61-36(33-58-39(50)30-28-26-24-22-20-16-14-12-10-8-6-4-2)34-59-47-46(57)44(55)42(53)38(63-47)35-60-48-45(56)43(54)41(52)37(32-49)62-48/h36-38,41-49,52-57H,3-35H2,1-2H3. The molecule has 7 N–H and O–H groups in total. The second kappa shape index (κ2) is 36.6. The van der Waals surface area contributed by atoms with E-state index in [2.05, 4.69) is 13.8 Å². The summed E-state index contributed by atoms with van der Waals surface area (Å²) in [7, 11) is 0. The summed E-state index contributed by atoms with van der Waals surface area (Å²) in [5.74, 6) is -0.912. The summed E-state index contributed by atoms with van der Waals surface area (Å²) in [6.07, 6.45) is 15.6. The van der Waals surface area contributed by atoms with Crippen LogP contribution in [0.1, 0.15) is 200 Å². The molecule has 0 aliphatic carbocycles. The zero-order chi connectivity index (χ0) is 46.1. The molecule has 0 saturated carbocycles. The highest BCUT2D eigenvalue weighted by Gasteiger charge is 2.47. The smallest absolute Gasteiger partial charge is 0.306 e. The lowest BCUT2D eigenvalue weighted by Crippen LogP contribution is -2.61. The van der Waals surface area contributed by atoms with Crippen molar-refractivity contribution in [2.75, 3.05) is 26.4 Å². The Balaban J connectivity index is 1.82. The van der Waals surface area contributed by atoms with Crippen molar-refractivity contribution >= 4 is 11.9 Å². The van der Waals surface area contributed by atoms with E-state index in [9.17, 15) is 45.3 Å². The Morgan fingerprint density at radius 1 is 0.444 bits per heavy atom. The Hall–Kier alpha value is -1.50. The monoisotopic (exact) mass is 907 g/mol. The Labute approximate surface area is 378 Å². The first-order valence-corrected chi connectivity index (χ1v) is 25.1. The van der Waals surface area contributed by atoms with Crippen molar-refractivity contribution in [2.45, 2.75) is 268 Å². The molecule has 2 aliphatic heterocycles. The lowest BCUT2D eigenvalue weighted by molar-refractivity contribution is -0.332. The normalized spacial score (nSPS) is 26.7. The molecule has 15 nitrogen and oxygen atoms in total. The second-order valence-corrected chi connectivity index (χ2v) is 18.0. The van der Waals surface area contributed by atoms with Crippen LogP contribution in [0.3, 0.4) is 0 Å². The molecule has 2 fully saturated rings. The fourth-order valence-corrected chi connectivity index (χ4v) is 8.16. The van der Waals surface area contributed by atoms with Gasteiger partial charge in [-0.25, -0.2) is 0 Å². The summed E-state index contributed by atoms with van der Waals surface area (Å²) in [6, 6.07) is 0. The first-order valence-electron chi connectivity index (χ1n) is 25.1. The van der Waals surface area contributed by atoms with E-state index in [0.717, 1.165) is 38.5 Å². The van der Waals surface area contributed by atoms with Gasteiger partial charge in [-0.05, 0) is 12.8 Å². The number of aliphatic hydroxyl groups excluding tert-OH is 7. The van der Waals surface area contributed by atoms with Crippen LogP contribution in [0, 0.1) is 0 Å². The Morgan fingerprint density at radius 3 is 1.24 bits per heavy atom. The molecule has 372 valence electrons. The molecule has 0 amide bonds. The molecule has 0 aromatic carbocycles. The number of aliphatic hydroxyl groups is 7. The van der Waals surface area contributed by atoms with Gasteiger partial charge in [-0.2, -0.15) is 0 Å². The SMILES string of the molecule is CCCCCCCCCCCCCCCCCC(=O)OC(COC(=O)CCCCCCCCCCCCCC)COC1OC(COC2OC(CO)C(O)C(O)C2O)C(O)C(O)C1O. The summed E-state index contributed by atoms with van der Waals surface area (Å²) in [6.45, 7) is 2.61. The van der Waals surface area contributed by atoms with Crippen LogP contribution in [-0.2, 0) is 38.0 Å². The molecule has 11 atom stereocenters. The lowest BCUT2D eigenvalue weighted by Gasteiger charge is -2.42. The van der Waals surface area contributed by atoms with Gasteiger partial charge in [-0.15, -0.1) is 0 Å². The van der Waals surface area contributed by atoms with Crippen LogP contribution in [0.5, 0.6) is 0 Å². The second-order valence-electron chi connectivity index (χ2n) is 18.0. The van der Waals surface area contributed by atoms with Gasteiger partial charge in [-0.3, -0.25) is 9.59 Å². The first kappa shape index (κ1) is 57.6. The largest absolute Gasteiger partial charge is 0.462 e. The van der Waals surface area contributed by atoms with Crippen LogP contribution in [0.25, 0.3) is 0 Å². The fraction of sp³-hybridized carbons (Fsp3) is 0.958. The van der Waals surface area contributed by atoms with Gasteiger partial charge < -0.3 is 64.2 Å². The van der Waals surface area contributed by atoms with Gasteiger partial charge in [0.1, 0.15) is 55.4 Å². The predicted octanol–water partition coefficient (Wildman–Crippen LogP) is 6.43. The molecule has 15 heteroatoms. The number of ether oxygens (including phenoxy) is 6. The zero-order valence-electron chi connectivity index (χ0n) is 39.1. The van der Waals surface area contributed by atoms with Gasteiger partial charge in [-0.1, -0.05) is 174 Å². The van der Waals surface area contributed by atoms with Crippen molar-refractivity contribution in [3.63, 3.8) is 0 Å². The lowest BCUT2D eigenvalue weighted by atomic mass is 9.98. The number of esters is 2. The van der Waals surface area contributed by atoms with Crippen LogP contribution in [0.4, 0.5) is 0 Å². The third-order valence-electron chi connectivity index (χ3n) is 12.3. The highest BCUT2D eigenvalue weighted by Crippen LogP contribution is 2.26. The van der Waals surface area contributed by atoms with E-state index in [1.54, 1.807) is 0 Å². The molecule has 63 heavy (non-hydrogen) atoms. The van der Waals surface area contributed by atoms with E-state index in [1.165, 1.54) is 122 Å². The molecular weight excluding hydrogens is 817 g/mol. The molecule has 2 saturated heterocycles. The van der Waals surface area contributed by atoms with E-state index < -0.39 is 92.7 Å². The van der Waals surface area contributed by atoms with E-state index in [4.69, 9.17) is 28.4 Å². The highest BCUT2D eigenvalue weighted by molar-refractivity contribution is 5.70. The van der Waals surface area contributed by atoms with Gasteiger partial charge in [0.25, 0.3) is 0 Å². The van der Waals surface area contributed by atoms with Crippen molar-refractivity contribution in [1.82, 2.24) is 0 Å². The van der Waals surface area contributed by atoms with Gasteiger partial charge in [0.2, 0.25) is 0 Å². The molecular formula is C48H90O15. The predicted molar refractivity (Wildman–Crippen MR) is 238 cm³/mol. The summed E-state index contributed by atoms with van der Waals surface area (Å²) in [4.78, 5) is 25.7. The van der Waals surface area contributed by atoms with Crippen LogP contribution < -0.4 is 0 Å². The maximum absolute atomic E-state index is 13.0. The Morgan fingerprint density at radius 2 is 0.810 bits per heavy atom. The number of carbonyl (C=O) groups excluding carboxylic acids is 2. The van der Waals surface area contributed by atoms with Crippen LogP contribution >= 0.6 is 0 Å². The number of unbranched alkanes of at least 4 members (excludes halogenated alkanes) is 25. The number of carbonyl (C=O) groups is 2. The summed E-state index contributed by atoms with van der Waals surface area (Å²) < 4.78 is 33.5. The molecule has 0 aromatic heterocycles. The van der Waals surface area contributed by atoms with Crippen molar-refractivity contribution in [3.8, 4) is 0 Å². The van der Waals surface area contributed by atoms with Crippen LogP contribution in [-0.4, -0.2) is 142 Å². The highest BCUT2D eigenvalue weighted by atomic mass is 16.7. The number of hydrogen-bond donors (Lipinski definition) is 7. The fourth-order valence-electron chi connectivity index (χ4n) is 8.16. The van der Waals surface area contributed by atoms with E-state index in [-0.39, 0.29) is 26.1 Å². The Kier molecular flexibility index (Phi) is 33.5. The summed E-state index contributed by atoms with van der Waals surface area (Å²) in [5.41, 5.74) is 0. The molecule has 0 radical (unpaired) electrons. The molecule has 0 spiro atoms.